The molecular weight excluding hydrogens is 532 g/mol. The minimum Gasteiger partial charge on any atom is -0.489 e. The second kappa shape index (κ2) is 10.8. The Kier molecular flexibility index (Phi) is 7.92. The Labute approximate surface area is 240 Å². The number of hydrogen-bond acceptors (Lipinski definition) is 8. The van der Waals surface area contributed by atoms with Gasteiger partial charge in [-0.15, -0.1) is 0 Å². The maximum absolute atomic E-state index is 13.2. The number of nitriles is 1. The molecule has 2 aliphatic rings. The fourth-order valence-electron chi connectivity index (χ4n) is 5.83. The van der Waals surface area contributed by atoms with Crippen LogP contribution in [-0.2, 0) is 4.74 Å². The van der Waals surface area contributed by atoms with Crippen LogP contribution in [0.2, 0.25) is 5.02 Å². The van der Waals surface area contributed by atoms with Crippen molar-refractivity contribution >= 4 is 29.5 Å². The first-order valence-corrected chi connectivity index (χ1v) is 13.7. The number of amides is 2. The van der Waals surface area contributed by atoms with Gasteiger partial charge in [0.25, 0.3) is 5.91 Å². The number of nitrogens with zero attached hydrogens (tertiary/aromatic N) is 5. The lowest BCUT2D eigenvalue weighted by Crippen LogP contribution is -2.74. The molecule has 1 N–H and O–H groups in total. The molecule has 1 aromatic heterocycles. The maximum Gasteiger partial charge on any atom is 0.410 e. The van der Waals surface area contributed by atoms with Crippen LogP contribution in [0.5, 0.6) is 5.75 Å². The number of benzene rings is 1. The quantitative estimate of drug-likeness (QED) is 0.552. The fraction of sp³-hybridized carbons (Fsp3) is 0.552. The van der Waals surface area contributed by atoms with Crippen LogP contribution in [-0.4, -0.2) is 70.8 Å². The molecular formula is C29H37ClN6O4. The number of piperazine rings is 1. The van der Waals surface area contributed by atoms with Crippen molar-refractivity contribution in [2.24, 2.45) is 10.8 Å². The minimum absolute atomic E-state index is 0.174. The van der Waals surface area contributed by atoms with Crippen molar-refractivity contribution < 1.29 is 19.1 Å². The number of rotatable bonds is 5. The standard InChI is InChI=1S/C29H37ClN6O4/c1-27(2,3)40-26(38)36-12-10-35(11-13-36)25-32-16-19(17-33-25)22(37)34-23-28(4,5)24(29(23,6)7)39-20-9-8-18(15-31)21(30)14-20/h8-9,14,16-17,23-24H,10-13H2,1-7H3,(H,34,37). The molecule has 0 atom stereocenters. The molecule has 0 radical (unpaired) electrons. The van der Waals surface area contributed by atoms with E-state index in [0.29, 0.717) is 54.0 Å². The summed E-state index contributed by atoms with van der Waals surface area (Å²) in [5.74, 6) is 0.836. The minimum atomic E-state index is -0.537. The predicted molar refractivity (Wildman–Crippen MR) is 151 cm³/mol. The van der Waals surface area contributed by atoms with Crippen LogP contribution in [0.4, 0.5) is 10.7 Å². The van der Waals surface area contributed by atoms with Crippen LogP contribution in [0.1, 0.15) is 64.4 Å². The summed E-state index contributed by atoms with van der Waals surface area (Å²) in [7, 11) is 0. The van der Waals surface area contributed by atoms with Crippen molar-refractivity contribution in [1.29, 1.82) is 5.26 Å². The predicted octanol–water partition coefficient (Wildman–Crippen LogP) is 4.67. The van der Waals surface area contributed by atoms with Crippen LogP contribution >= 0.6 is 11.6 Å². The number of anilines is 1. The zero-order valence-corrected chi connectivity index (χ0v) is 24.9. The van der Waals surface area contributed by atoms with Gasteiger partial charge in [0.15, 0.2) is 0 Å². The number of hydrogen-bond donors (Lipinski definition) is 1. The van der Waals surface area contributed by atoms with E-state index in [1.807, 2.05) is 31.7 Å². The third-order valence-electron chi connectivity index (χ3n) is 7.54. The summed E-state index contributed by atoms with van der Waals surface area (Å²) in [6.45, 7) is 15.9. The summed E-state index contributed by atoms with van der Waals surface area (Å²) in [5, 5.41) is 12.6. The Morgan fingerprint density at radius 3 is 2.20 bits per heavy atom. The molecule has 214 valence electrons. The van der Waals surface area contributed by atoms with Gasteiger partial charge >= 0.3 is 6.09 Å². The zero-order valence-electron chi connectivity index (χ0n) is 24.1. The van der Waals surface area contributed by atoms with Crippen LogP contribution in [0, 0.1) is 22.2 Å². The molecule has 2 amide bonds. The molecule has 40 heavy (non-hydrogen) atoms. The summed E-state index contributed by atoms with van der Waals surface area (Å²) in [5.41, 5.74) is -0.541. The number of nitrogens with one attached hydrogen (secondary N) is 1. The van der Waals surface area contributed by atoms with Gasteiger partial charge in [0, 0.05) is 61.5 Å². The first kappa shape index (κ1) is 29.4. The molecule has 4 rings (SSSR count). The number of carbonyl (C=O) groups excluding carboxylic acids is 2. The van der Waals surface area contributed by atoms with E-state index < -0.39 is 5.60 Å². The number of ether oxygens (including phenoxy) is 2. The van der Waals surface area contributed by atoms with Crippen molar-refractivity contribution in [3.63, 3.8) is 0 Å². The molecule has 1 saturated carbocycles. The van der Waals surface area contributed by atoms with Gasteiger partial charge in [-0.3, -0.25) is 4.79 Å². The normalized spacial score (nSPS) is 21.6. The summed E-state index contributed by atoms with van der Waals surface area (Å²) < 4.78 is 11.8. The number of halogens is 1. The van der Waals surface area contributed by atoms with E-state index in [4.69, 9.17) is 26.3 Å². The summed E-state index contributed by atoms with van der Waals surface area (Å²) in [6, 6.07) is 6.90. The molecule has 11 heteroatoms. The van der Waals surface area contributed by atoms with E-state index in [1.165, 1.54) is 12.4 Å². The maximum atomic E-state index is 13.2. The first-order valence-electron chi connectivity index (χ1n) is 13.4. The highest BCUT2D eigenvalue weighted by atomic mass is 35.5. The molecule has 10 nitrogen and oxygen atoms in total. The van der Waals surface area contributed by atoms with Crippen molar-refractivity contribution in [3.05, 3.63) is 46.7 Å². The van der Waals surface area contributed by atoms with Gasteiger partial charge in [-0.1, -0.05) is 39.3 Å². The lowest BCUT2D eigenvalue weighted by atomic mass is 9.49. The lowest BCUT2D eigenvalue weighted by molar-refractivity contribution is -0.164. The second-order valence-electron chi connectivity index (χ2n) is 12.5. The monoisotopic (exact) mass is 568 g/mol. The van der Waals surface area contributed by atoms with Crippen molar-refractivity contribution in [2.75, 3.05) is 31.1 Å². The van der Waals surface area contributed by atoms with Gasteiger partial charge in [-0.25, -0.2) is 14.8 Å². The zero-order chi connectivity index (χ0) is 29.5. The van der Waals surface area contributed by atoms with Crippen LogP contribution in [0.25, 0.3) is 0 Å². The Morgan fingerprint density at radius 1 is 1.07 bits per heavy atom. The van der Waals surface area contributed by atoms with Crippen LogP contribution in [0.3, 0.4) is 0 Å². The van der Waals surface area contributed by atoms with Crippen molar-refractivity contribution in [3.8, 4) is 11.8 Å². The van der Waals surface area contributed by atoms with Gasteiger partial charge in [0.2, 0.25) is 5.95 Å². The third kappa shape index (κ3) is 5.94. The van der Waals surface area contributed by atoms with E-state index >= 15 is 0 Å². The molecule has 1 aliphatic heterocycles. The van der Waals surface area contributed by atoms with Crippen LogP contribution in [0.15, 0.2) is 30.6 Å². The lowest BCUT2D eigenvalue weighted by Gasteiger charge is -2.63. The SMILES string of the molecule is CC(C)(C)OC(=O)N1CCN(c2ncc(C(=O)NC3C(C)(C)C(Oc4ccc(C#N)c(Cl)c4)C3(C)C)cn2)CC1. The number of aromatic nitrogens is 2. The van der Waals surface area contributed by atoms with Gasteiger partial charge in [-0.2, -0.15) is 5.26 Å². The van der Waals surface area contributed by atoms with Gasteiger partial charge in [0.1, 0.15) is 23.5 Å². The van der Waals surface area contributed by atoms with E-state index in [9.17, 15) is 9.59 Å². The Morgan fingerprint density at radius 2 is 1.68 bits per heavy atom. The molecule has 1 aliphatic carbocycles. The first-order chi connectivity index (χ1) is 18.6. The molecule has 2 fully saturated rings. The molecule has 1 saturated heterocycles. The molecule has 2 heterocycles. The third-order valence-corrected chi connectivity index (χ3v) is 7.86. The number of carbonyl (C=O) groups is 2. The molecule has 0 spiro atoms. The smallest absolute Gasteiger partial charge is 0.410 e. The molecule has 0 bridgehead atoms. The summed E-state index contributed by atoms with van der Waals surface area (Å²) in [4.78, 5) is 38.0. The van der Waals surface area contributed by atoms with Gasteiger partial charge in [-0.05, 0) is 32.9 Å². The van der Waals surface area contributed by atoms with Crippen molar-refractivity contribution in [2.45, 2.75) is 66.2 Å². The molecule has 0 unspecified atom stereocenters. The van der Waals surface area contributed by atoms with E-state index in [-0.39, 0.29) is 35.0 Å². The summed E-state index contributed by atoms with van der Waals surface area (Å²) in [6.07, 6.45) is 2.54. The molecule has 2 aromatic rings. The van der Waals surface area contributed by atoms with Gasteiger partial charge in [0.05, 0.1) is 16.1 Å². The van der Waals surface area contributed by atoms with Crippen LogP contribution < -0.4 is 15.0 Å². The van der Waals surface area contributed by atoms with E-state index in [0.717, 1.165) is 0 Å². The summed E-state index contributed by atoms with van der Waals surface area (Å²) >= 11 is 6.19. The fourth-order valence-corrected chi connectivity index (χ4v) is 6.04. The van der Waals surface area contributed by atoms with Crippen molar-refractivity contribution in [1.82, 2.24) is 20.2 Å². The highest BCUT2D eigenvalue weighted by Gasteiger charge is 2.64. The Balaban J connectivity index is 1.35. The average molecular weight is 569 g/mol. The highest BCUT2D eigenvalue weighted by molar-refractivity contribution is 6.31. The van der Waals surface area contributed by atoms with E-state index in [2.05, 4.69) is 43.0 Å². The Hall–Kier alpha value is -3.58. The Bertz CT molecular complexity index is 1290. The largest absolute Gasteiger partial charge is 0.489 e. The highest BCUT2D eigenvalue weighted by Crippen LogP contribution is 2.55. The second-order valence-corrected chi connectivity index (χ2v) is 12.9. The van der Waals surface area contributed by atoms with Gasteiger partial charge < -0.3 is 24.6 Å². The average Bonchev–Trinajstić information content (AvgIpc) is 2.89. The topological polar surface area (TPSA) is 121 Å². The molecule has 1 aromatic carbocycles. The van der Waals surface area contributed by atoms with E-state index in [1.54, 1.807) is 23.1 Å².